The van der Waals surface area contributed by atoms with Gasteiger partial charge >= 0.3 is 29.8 Å². The van der Waals surface area contributed by atoms with Crippen molar-refractivity contribution >= 4 is 81.4 Å². The second-order valence-electron chi connectivity index (χ2n) is 16.7. The molecular weight excluding hydrogens is 969 g/mol. The number of carboxylic acid groups (broad SMARTS) is 1. The zero-order valence-corrected chi connectivity index (χ0v) is 42.5. The first-order valence-electron chi connectivity index (χ1n) is 24.0. The molecule has 400 valence electrons. The molecule has 0 aliphatic rings. The van der Waals surface area contributed by atoms with Crippen LogP contribution in [0.4, 0.5) is 23.5 Å². The number of hydrogen-bond acceptors (Lipinski definition) is 19. The molecule has 1 amide bonds. The van der Waals surface area contributed by atoms with Gasteiger partial charge in [0.15, 0.2) is 0 Å². The summed E-state index contributed by atoms with van der Waals surface area (Å²) in [7, 11) is 0. The molecule has 0 aliphatic heterocycles. The van der Waals surface area contributed by atoms with Gasteiger partial charge in [0.25, 0.3) is 5.91 Å². The topological polar surface area (TPSA) is 385 Å². The zero-order chi connectivity index (χ0) is 55.2. The van der Waals surface area contributed by atoms with Gasteiger partial charge in [0, 0.05) is 18.0 Å². The number of aryl methyl sites for hydroxylation is 4. The van der Waals surface area contributed by atoms with Crippen molar-refractivity contribution in [1.29, 1.82) is 0 Å². The van der Waals surface area contributed by atoms with E-state index in [1.54, 1.807) is 52.0 Å². The van der Waals surface area contributed by atoms with E-state index >= 15 is 0 Å². The smallest absolute Gasteiger partial charge is 0.335 e. The van der Waals surface area contributed by atoms with Crippen LogP contribution in [0.3, 0.4) is 0 Å². The average molecular weight is 1040 g/mol. The van der Waals surface area contributed by atoms with Crippen LogP contribution < -0.4 is 34.0 Å². The van der Waals surface area contributed by atoms with Crippen LogP contribution in [-0.4, -0.2) is 109 Å². The summed E-state index contributed by atoms with van der Waals surface area (Å²) >= 11 is 0. The number of carboxylic acids is 1. The number of nitrogen functional groups attached to an aromatic ring is 4. The van der Waals surface area contributed by atoms with Crippen LogP contribution in [0.25, 0.3) is 22.1 Å². The van der Waals surface area contributed by atoms with Crippen LogP contribution in [0.15, 0.2) is 85.2 Å². The number of aromatic amines is 2. The van der Waals surface area contributed by atoms with Crippen LogP contribution in [0.1, 0.15) is 96.3 Å². The Bertz CT molecular complexity index is 2950. The van der Waals surface area contributed by atoms with Crippen molar-refractivity contribution in [2.24, 2.45) is 5.73 Å². The Hall–Kier alpha value is -8.86. The predicted octanol–water partition coefficient (Wildman–Crippen LogP) is 4.85. The van der Waals surface area contributed by atoms with Crippen molar-refractivity contribution < 1.29 is 52.8 Å². The number of rotatable bonds is 23. The minimum atomic E-state index is -0.974. The summed E-state index contributed by atoms with van der Waals surface area (Å²) < 4.78 is 19.5. The molecular formula is C52H66N12O11. The van der Waals surface area contributed by atoms with E-state index < -0.39 is 41.9 Å². The molecule has 6 aromatic rings. The van der Waals surface area contributed by atoms with E-state index in [4.69, 9.17) is 52.7 Å². The number of amides is 1. The van der Waals surface area contributed by atoms with Gasteiger partial charge in [-0.05, 0) is 113 Å². The van der Waals surface area contributed by atoms with Gasteiger partial charge < -0.3 is 68.0 Å². The number of aromatic carboxylic acids is 1. The summed E-state index contributed by atoms with van der Waals surface area (Å²) in [5, 5.41) is 13.1. The first-order valence-corrected chi connectivity index (χ1v) is 24.0. The fraction of sp³-hybridized carbons (Fsp3) is 0.346. The number of carbonyl (C=O) groups is 6. The van der Waals surface area contributed by atoms with Gasteiger partial charge in [0.1, 0.15) is 35.0 Å². The molecule has 14 N–H and O–H groups in total. The number of nitrogens with one attached hydrogen (secondary N) is 3. The van der Waals surface area contributed by atoms with Gasteiger partial charge in [-0.25, -0.2) is 9.59 Å². The maximum absolute atomic E-state index is 12.9. The zero-order valence-electron chi connectivity index (χ0n) is 42.5. The quantitative estimate of drug-likeness (QED) is 0.0235. The fourth-order valence-electron chi connectivity index (χ4n) is 7.47. The van der Waals surface area contributed by atoms with E-state index in [0.717, 1.165) is 45.9 Å². The Morgan fingerprint density at radius 2 is 1.00 bits per heavy atom. The predicted molar refractivity (Wildman–Crippen MR) is 283 cm³/mol. The Morgan fingerprint density at radius 3 is 1.43 bits per heavy atom. The highest BCUT2D eigenvalue weighted by atomic mass is 16.5. The third kappa shape index (κ3) is 18.3. The first-order chi connectivity index (χ1) is 35.8. The molecule has 23 nitrogen and oxygen atoms in total. The highest BCUT2D eigenvalue weighted by Crippen LogP contribution is 2.26. The van der Waals surface area contributed by atoms with E-state index in [-0.39, 0.29) is 68.9 Å². The van der Waals surface area contributed by atoms with E-state index in [1.807, 2.05) is 36.7 Å². The van der Waals surface area contributed by atoms with Crippen LogP contribution in [-0.2, 0) is 63.8 Å². The van der Waals surface area contributed by atoms with Gasteiger partial charge in [-0.2, -0.15) is 19.9 Å². The Balaban J connectivity index is 0.000000270. The summed E-state index contributed by atoms with van der Waals surface area (Å²) in [6.45, 7) is 15.3. The number of fused-ring (bicyclic) bond motifs is 2. The molecule has 0 saturated carbocycles. The molecule has 4 heterocycles. The van der Waals surface area contributed by atoms with Crippen LogP contribution in [0.2, 0.25) is 0 Å². The molecule has 2 unspecified atom stereocenters. The monoisotopic (exact) mass is 1030 g/mol. The van der Waals surface area contributed by atoms with E-state index in [0.29, 0.717) is 59.1 Å². The Labute approximate surface area is 433 Å². The lowest BCUT2D eigenvalue weighted by atomic mass is 10.0. The summed E-state index contributed by atoms with van der Waals surface area (Å²) in [5.41, 5.74) is 35.6. The number of nitrogens with zero attached hydrogens (tertiary/aromatic N) is 4. The number of carbonyl (C=O) groups excluding carboxylic acids is 5. The number of nitrogens with two attached hydrogens (primary N) is 5. The van der Waals surface area contributed by atoms with Gasteiger partial charge in [0.05, 0.1) is 55.6 Å². The van der Waals surface area contributed by atoms with Gasteiger partial charge in [0.2, 0.25) is 11.9 Å². The number of aromatic nitrogens is 6. The number of H-pyrrole nitrogens is 2. The standard InChI is InChI=1S/C26H32N6O5.C15H15N5O2.C11H19NO4/c1-4-36-20(33)13-15(3)12-19(25(35)37-5-2)30-24(34)17-9-6-16(7-10-17)8-11-18-14-29-23-21(18)22(27)31-26(28)32-23;16-12-11-10(7-18-13(11)20-15(17)19-12)6-3-8-1-4-9(5-2-8)14(21)22;1-4-15-10(13)7-8(3)6-9(12)11(14)16-5-2/h6-7,9-10,14,19H,3-5,8,11-13H2,1-2H3,(H,30,34)(H5,27,28,29,31,32);1-2,4-5,7H,3,6H2,(H,21,22)(H5,16,17,18,19,20);9H,3-7,12H2,1-2H3. The van der Waals surface area contributed by atoms with Crippen LogP contribution in [0.5, 0.6) is 0 Å². The summed E-state index contributed by atoms with van der Waals surface area (Å²) in [6, 6.07) is 12.2. The van der Waals surface area contributed by atoms with E-state index in [2.05, 4.69) is 48.4 Å². The van der Waals surface area contributed by atoms with E-state index in [9.17, 15) is 28.8 Å². The van der Waals surface area contributed by atoms with Crippen molar-refractivity contribution in [1.82, 2.24) is 35.2 Å². The van der Waals surface area contributed by atoms with E-state index in [1.165, 1.54) is 0 Å². The first kappa shape index (κ1) is 58.7. The molecule has 0 radical (unpaired) electrons. The molecule has 75 heavy (non-hydrogen) atoms. The molecule has 0 aliphatic carbocycles. The van der Waals surface area contributed by atoms with Crippen molar-refractivity contribution in [2.75, 3.05) is 49.4 Å². The number of hydrogen-bond donors (Lipinski definition) is 9. The second-order valence-corrected chi connectivity index (χ2v) is 16.7. The fourth-order valence-corrected chi connectivity index (χ4v) is 7.47. The Kier molecular flexibility index (Phi) is 22.7. The molecule has 0 bridgehead atoms. The second kappa shape index (κ2) is 29.0. The SMILES string of the molecule is C=C(CC(=O)OCC)CC(N)C(=O)OCC.C=C(CC(=O)OCC)CC(NC(=O)c1ccc(CCc2c[nH]c3nc(N)nc(N)c23)cc1)C(=O)OCC.Nc1nc(N)c2c(CCc3ccc(C(=O)O)cc3)c[nH]c2n1. The van der Waals surface area contributed by atoms with Gasteiger partial charge in [-0.1, -0.05) is 48.6 Å². The maximum Gasteiger partial charge on any atom is 0.335 e. The van der Waals surface area contributed by atoms with Crippen molar-refractivity contribution in [3.05, 3.63) is 119 Å². The third-order valence-corrected chi connectivity index (χ3v) is 11.0. The molecule has 0 spiro atoms. The largest absolute Gasteiger partial charge is 0.478 e. The van der Waals surface area contributed by atoms with Crippen LogP contribution >= 0.6 is 0 Å². The molecule has 23 heteroatoms. The summed E-state index contributed by atoms with van der Waals surface area (Å²) in [5.74, 6) is -2.30. The summed E-state index contributed by atoms with van der Waals surface area (Å²) in [6.07, 6.45) is 6.89. The Morgan fingerprint density at radius 1 is 0.587 bits per heavy atom. The molecule has 6 rings (SSSR count). The summed E-state index contributed by atoms with van der Waals surface area (Å²) in [4.78, 5) is 92.5. The number of anilines is 4. The highest BCUT2D eigenvalue weighted by molar-refractivity contribution is 5.97. The third-order valence-electron chi connectivity index (χ3n) is 11.0. The molecule has 0 fully saturated rings. The van der Waals surface area contributed by atoms with Crippen LogP contribution in [0, 0.1) is 0 Å². The molecule has 2 atom stereocenters. The minimum Gasteiger partial charge on any atom is -0.478 e. The highest BCUT2D eigenvalue weighted by Gasteiger charge is 2.25. The van der Waals surface area contributed by atoms with Gasteiger partial charge in [-0.15, -0.1) is 0 Å². The lowest BCUT2D eigenvalue weighted by molar-refractivity contribution is -0.146. The average Bonchev–Trinajstić information content (AvgIpc) is 3.97. The number of benzene rings is 2. The molecule has 4 aromatic heterocycles. The number of esters is 4. The lowest BCUT2D eigenvalue weighted by Gasteiger charge is -2.18. The molecule has 2 aromatic carbocycles. The van der Waals surface area contributed by atoms with Gasteiger partial charge in [-0.3, -0.25) is 19.2 Å². The lowest BCUT2D eigenvalue weighted by Crippen LogP contribution is -2.42. The molecule has 0 saturated heterocycles. The maximum atomic E-state index is 12.9. The van der Waals surface area contributed by atoms with Crippen molar-refractivity contribution in [2.45, 2.75) is 91.1 Å². The van der Waals surface area contributed by atoms with Crippen molar-refractivity contribution in [3.63, 3.8) is 0 Å². The van der Waals surface area contributed by atoms with Crippen molar-refractivity contribution in [3.8, 4) is 0 Å². The number of ether oxygens (including phenoxy) is 4. The minimum absolute atomic E-state index is 0.0457. The normalized spacial score (nSPS) is 11.4.